The van der Waals surface area contributed by atoms with Gasteiger partial charge >= 0.3 is 0 Å². The molecule has 0 aliphatic carbocycles. The normalized spacial score (nSPS) is 13.8. The monoisotopic (exact) mass is 243 g/mol. The lowest BCUT2D eigenvalue weighted by Gasteiger charge is -2.20. The fourth-order valence-electron chi connectivity index (χ4n) is 1.25. The van der Waals surface area contributed by atoms with Crippen molar-refractivity contribution in [2.24, 2.45) is 0 Å². The minimum atomic E-state index is -1.13. The zero-order chi connectivity index (χ0) is 12.2. The van der Waals surface area contributed by atoms with Crippen LogP contribution < -0.4 is 5.32 Å². The van der Waals surface area contributed by atoms with E-state index < -0.39 is 10.8 Å². The molecule has 0 bridgehead atoms. The van der Waals surface area contributed by atoms with E-state index >= 15 is 0 Å². The fraction of sp³-hybridized carbons (Fsp3) is 0.500. The molecule has 0 aliphatic rings. The van der Waals surface area contributed by atoms with Crippen LogP contribution in [-0.2, 0) is 10.8 Å². The van der Waals surface area contributed by atoms with E-state index in [9.17, 15) is 8.60 Å². The van der Waals surface area contributed by atoms with Gasteiger partial charge in [-0.25, -0.2) is 4.39 Å². The molecule has 0 aromatic heterocycles. The molecule has 16 heavy (non-hydrogen) atoms. The molecule has 1 N–H and O–H groups in total. The summed E-state index contributed by atoms with van der Waals surface area (Å²) in [6.45, 7) is 6.82. The minimum absolute atomic E-state index is 0.0200. The predicted molar refractivity (Wildman–Crippen MR) is 65.4 cm³/mol. The molecule has 1 atom stereocenters. The molecule has 0 amide bonds. The van der Waals surface area contributed by atoms with E-state index in [2.05, 4.69) is 26.1 Å². The molecule has 90 valence electrons. The summed E-state index contributed by atoms with van der Waals surface area (Å²) in [5, 5.41) is 3.25. The van der Waals surface area contributed by atoms with Crippen molar-refractivity contribution >= 4 is 10.8 Å². The van der Waals surface area contributed by atoms with Gasteiger partial charge in [0.25, 0.3) is 0 Å². The highest BCUT2D eigenvalue weighted by Crippen LogP contribution is 2.08. The summed E-state index contributed by atoms with van der Waals surface area (Å²) in [7, 11) is -1.13. The maximum Gasteiger partial charge on any atom is 0.124 e. The van der Waals surface area contributed by atoms with E-state index in [-0.39, 0.29) is 11.4 Å². The second-order valence-corrected chi connectivity index (χ2v) is 6.25. The van der Waals surface area contributed by atoms with Crippen molar-refractivity contribution < 1.29 is 8.60 Å². The van der Waals surface area contributed by atoms with E-state index in [1.807, 2.05) is 0 Å². The number of benzene rings is 1. The first-order valence-corrected chi connectivity index (χ1v) is 6.59. The van der Waals surface area contributed by atoms with Crippen molar-refractivity contribution in [3.05, 3.63) is 30.1 Å². The Morgan fingerprint density at radius 2 is 2.06 bits per heavy atom. The average molecular weight is 243 g/mol. The van der Waals surface area contributed by atoms with Crippen LogP contribution >= 0.6 is 0 Å². The highest BCUT2D eigenvalue weighted by Gasteiger charge is 2.10. The van der Waals surface area contributed by atoms with Crippen molar-refractivity contribution in [3.8, 4) is 0 Å². The van der Waals surface area contributed by atoms with Crippen molar-refractivity contribution in [2.45, 2.75) is 31.2 Å². The summed E-state index contributed by atoms with van der Waals surface area (Å²) in [5.74, 6) is 0.162. The zero-order valence-electron chi connectivity index (χ0n) is 9.92. The molecule has 4 heteroatoms. The van der Waals surface area contributed by atoms with E-state index in [0.29, 0.717) is 17.2 Å². The number of nitrogens with one attached hydrogen (secondary N) is 1. The summed E-state index contributed by atoms with van der Waals surface area (Å²) >= 11 is 0. The lowest BCUT2D eigenvalue weighted by Crippen LogP contribution is -2.38. The van der Waals surface area contributed by atoms with Gasteiger partial charge in [-0.3, -0.25) is 4.21 Å². The Morgan fingerprint density at radius 3 is 2.62 bits per heavy atom. The Hall–Kier alpha value is -0.740. The Labute approximate surface area is 98.7 Å². The van der Waals surface area contributed by atoms with Gasteiger partial charge in [-0.1, -0.05) is 6.07 Å². The van der Waals surface area contributed by atoms with Gasteiger partial charge < -0.3 is 5.32 Å². The molecule has 0 saturated carbocycles. The van der Waals surface area contributed by atoms with Crippen molar-refractivity contribution in [2.75, 3.05) is 12.3 Å². The molecule has 0 spiro atoms. The third-order valence-corrected chi connectivity index (χ3v) is 3.36. The first-order valence-electron chi connectivity index (χ1n) is 5.27. The van der Waals surface area contributed by atoms with Gasteiger partial charge in [0.15, 0.2) is 0 Å². The van der Waals surface area contributed by atoms with Crippen LogP contribution in [0.15, 0.2) is 29.2 Å². The molecule has 0 aliphatic heterocycles. The molecule has 2 nitrogen and oxygen atoms in total. The second-order valence-electron chi connectivity index (χ2n) is 4.68. The van der Waals surface area contributed by atoms with Crippen molar-refractivity contribution in [3.63, 3.8) is 0 Å². The molecule has 0 saturated heterocycles. The maximum atomic E-state index is 12.9. The average Bonchev–Trinajstić information content (AvgIpc) is 2.15. The van der Waals surface area contributed by atoms with Crippen molar-refractivity contribution in [1.29, 1.82) is 0 Å². The molecular weight excluding hydrogens is 225 g/mol. The summed E-state index contributed by atoms with van der Waals surface area (Å²) in [6.07, 6.45) is 0. The van der Waals surface area contributed by atoms with Crippen LogP contribution in [-0.4, -0.2) is 22.0 Å². The summed E-state index contributed by atoms with van der Waals surface area (Å²) < 4.78 is 24.7. The number of halogens is 1. The van der Waals surface area contributed by atoms with Gasteiger partial charge in [-0.05, 0) is 39.0 Å². The SMILES string of the molecule is CC(C)(C)NCCS(=O)c1cccc(F)c1. The minimum Gasteiger partial charge on any atom is -0.311 e. The lowest BCUT2D eigenvalue weighted by atomic mass is 10.1. The third kappa shape index (κ3) is 4.86. The Kier molecular flexibility index (Phi) is 4.62. The van der Waals surface area contributed by atoms with Crippen LogP contribution in [0.4, 0.5) is 4.39 Å². The topological polar surface area (TPSA) is 29.1 Å². The van der Waals surface area contributed by atoms with Gasteiger partial charge in [0.05, 0.1) is 10.8 Å². The lowest BCUT2D eigenvalue weighted by molar-refractivity contribution is 0.440. The number of hydrogen-bond donors (Lipinski definition) is 1. The molecular formula is C12H18FNOS. The van der Waals surface area contributed by atoms with E-state index in [0.717, 1.165) is 0 Å². The zero-order valence-corrected chi connectivity index (χ0v) is 10.7. The highest BCUT2D eigenvalue weighted by atomic mass is 32.2. The molecule has 1 unspecified atom stereocenters. The van der Waals surface area contributed by atoms with Crippen LogP contribution in [0, 0.1) is 5.82 Å². The van der Waals surface area contributed by atoms with Gasteiger partial charge in [-0.2, -0.15) is 0 Å². The van der Waals surface area contributed by atoms with Crippen LogP contribution in [0.5, 0.6) is 0 Å². The smallest absolute Gasteiger partial charge is 0.124 e. The van der Waals surface area contributed by atoms with Crippen LogP contribution in [0.25, 0.3) is 0 Å². The largest absolute Gasteiger partial charge is 0.311 e. The maximum absolute atomic E-state index is 12.9. The van der Waals surface area contributed by atoms with E-state index in [4.69, 9.17) is 0 Å². The molecule has 0 fully saturated rings. The van der Waals surface area contributed by atoms with Gasteiger partial charge in [-0.15, -0.1) is 0 Å². The van der Waals surface area contributed by atoms with Crippen LogP contribution in [0.1, 0.15) is 20.8 Å². The first-order chi connectivity index (χ1) is 7.38. The predicted octanol–water partition coefficient (Wildman–Crippen LogP) is 2.32. The Bertz CT molecular complexity index is 374. The molecule has 0 heterocycles. The molecule has 1 aromatic carbocycles. The fourth-order valence-corrected chi connectivity index (χ4v) is 2.24. The van der Waals surface area contributed by atoms with E-state index in [1.165, 1.54) is 12.1 Å². The standard InChI is InChI=1S/C12H18FNOS/c1-12(2,3)14-7-8-16(15)11-6-4-5-10(13)9-11/h4-6,9,14H,7-8H2,1-3H3. The first kappa shape index (κ1) is 13.3. The van der Waals surface area contributed by atoms with Crippen LogP contribution in [0.3, 0.4) is 0 Å². The van der Waals surface area contributed by atoms with Gasteiger partial charge in [0.2, 0.25) is 0 Å². The Balaban J connectivity index is 2.47. The number of hydrogen-bond acceptors (Lipinski definition) is 2. The summed E-state index contributed by atoms with van der Waals surface area (Å²) in [4.78, 5) is 0.552. The molecule has 1 rings (SSSR count). The highest BCUT2D eigenvalue weighted by molar-refractivity contribution is 7.85. The summed E-state index contributed by atoms with van der Waals surface area (Å²) in [6, 6.07) is 5.96. The van der Waals surface area contributed by atoms with Crippen molar-refractivity contribution in [1.82, 2.24) is 5.32 Å². The Morgan fingerprint density at radius 1 is 1.38 bits per heavy atom. The van der Waals surface area contributed by atoms with Gasteiger partial charge in [0.1, 0.15) is 5.82 Å². The van der Waals surface area contributed by atoms with E-state index in [1.54, 1.807) is 12.1 Å². The van der Waals surface area contributed by atoms with Gasteiger partial charge in [0, 0.05) is 22.7 Å². The summed E-state index contributed by atoms with van der Waals surface area (Å²) in [5.41, 5.74) is 0.0200. The quantitative estimate of drug-likeness (QED) is 0.879. The molecule has 0 radical (unpaired) electrons. The second kappa shape index (κ2) is 5.55. The molecule has 1 aromatic rings. The third-order valence-electron chi connectivity index (χ3n) is 2.00. The van der Waals surface area contributed by atoms with Crippen LogP contribution in [0.2, 0.25) is 0 Å². The number of rotatable bonds is 4.